The standard InChI is InChI=1S/C16H21N3O4/c1-18(7-8-19-6-2-3-15(19)20)16(21)17-10-12-4-5-13-14(9-12)23-11-22-13/h4-5,9H,2-3,6-8,10-11H2,1H3,(H,17,21). The van der Waals surface area contributed by atoms with Crippen molar-refractivity contribution in [3.63, 3.8) is 0 Å². The third-order valence-corrected chi connectivity index (χ3v) is 4.10. The van der Waals surface area contributed by atoms with Crippen LogP contribution in [0.1, 0.15) is 18.4 Å². The summed E-state index contributed by atoms with van der Waals surface area (Å²) >= 11 is 0. The fourth-order valence-corrected chi connectivity index (χ4v) is 2.68. The van der Waals surface area contributed by atoms with Crippen molar-refractivity contribution in [3.05, 3.63) is 23.8 Å². The van der Waals surface area contributed by atoms with Gasteiger partial charge >= 0.3 is 6.03 Å². The maximum Gasteiger partial charge on any atom is 0.317 e. The number of likely N-dealkylation sites (tertiary alicyclic amines) is 1. The van der Waals surface area contributed by atoms with Crippen LogP contribution in [0.5, 0.6) is 11.5 Å². The number of likely N-dealkylation sites (N-methyl/N-ethyl adjacent to an activating group) is 1. The number of nitrogens with one attached hydrogen (secondary N) is 1. The monoisotopic (exact) mass is 319 g/mol. The van der Waals surface area contributed by atoms with E-state index in [-0.39, 0.29) is 18.7 Å². The molecule has 0 aromatic heterocycles. The minimum absolute atomic E-state index is 0.158. The van der Waals surface area contributed by atoms with Crippen LogP contribution in [-0.4, -0.2) is 55.2 Å². The maximum atomic E-state index is 12.1. The molecule has 1 saturated heterocycles. The Morgan fingerprint density at radius 3 is 2.96 bits per heavy atom. The topological polar surface area (TPSA) is 71.1 Å². The van der Waals surface area contributed by atoms with Gasteiger partial charge in [-0.2, -0.15) is 0 Å². The predicted molar refractivity (Wildman–Crippen MR) is 83.2 cm³/mol. The first-order valence-electron chi connectivity index (χ1n) is 7.79. The predicted octanol–water partition coefficient (Wildman–Crippen LogP) is 1.18. The molecule has 0 unspecified atom stereocenters. The molecule has 0 radical (unpaired) electrons. The molecule has 1 fully saturated rings. The highest BCUT2D eigenvalue weighted by molar-refractivity contribution is 5.78. The van der Waals surface area contributed by atoms with Crippen LogP contribution in [0.2, 0.25) is 0 Å². The van der Waals surface area contributed by atoms with Gasteiger partial charge in [0, 0.05) is 39.6 Å². The SMILES string of the molecule is CN(CCN1CCCC1=O)C(=O)NCc1ccc2c(c1)OCO2. The zero-order valence-corrected chi connectivity index (χ0v) is 13.2. The number of hydrogen-bond donors (Lipinski definition) is 1. The molecule has 2 heterocycles. The Morgan fingerprint density at radius 1 is 1.35 bits per heavy atom. The zero-order valence-electron chi connectivity index (χ0n) is 13.2. The van der Waals surface area contributed by atoms with E-state index in [1.165, 1.54) is 0 Å². The third kappa shape index (κ3) is 3.67. The molecule has 0 atom stereocenters. The number of nitrogens with zero attached hydrogens (tertiary/aromatic N) is 2. The summed E-state index contributed by atoms with van der Waals surface area (Å²) in [4.78, 5) is 27.0. The molecule has 0 aliphatic carbocycles. The maximum absolute atomic E-state index is 12.1. The van der Waals surface area contributed by atoms with Crippen molar-refractivity contribution in [2.24, 2.45) is 0 Å². The van der Waals surface area contributed by atoms with Crippen LogP contribution in [-0.2, 0) is 11.3 Å². The highest BCUT2D eigenvalue weighted by Crippen LogP contribution is 2.32. The fourth-order valence-electron chi connectivity index (χ4n) is 2.68. The lowest BCUT2D eigenvalue weighted by molar-refractivity contribution is -0.127. The van der Waals surface area contributed by atoms with Gasteiger partial charge in [-0.05, 0) is 24.1 Å². The molecule has 124 valence electrons. The van der Waals surface area contributed by atoms with Crippen LogP contribution in [0, 0.1) is 0 Å². The van der Waals surface area contributed by atoms with Crippen LogP contribution >= 0.6 is 0 Å². The van der Waals surface area contributed by atoms with Gasteiger partial charge in [-0.1, -0.05) is 6.07 Å². The quantitative estimate of drug-likeness (QED) is 0.885. The molecular weight excluding hydrogens is 298 g/mol. The summed E-state index contributed by atoms with van der Waals surface area (Å²) in [5.41, 5.74) is 0.950. The minimum Gasteiger partial charge on any atom is -0.454 e. The van der Waals surface area contributed by atoms with E-state index in [1.54, 1.807) is 11.9 Å². The molecule has 7 nitrogen and oxygen atoms in total. The molecule has 1 aromatic carbocycles. The van der Waals surface area contributed by atoms with E-state index in [0.717, 1.165) is 24.3 Å². The molecule has 0 saturated carbocycles. The number of amides is 3. The van der Waals surface area contributed by atoms with Crippen molar-refractivity contribution in [1.82, 2.24) is 15.1 Å². The van der Waals surface area contributed by atoms with E-state index in [2.05, 4.69) is 5.32 Å². The molecule has 0 spiro atoms. The van der Waals surface area contributed by atoms with Crippen LogP contribution in [0.3, 0.4) is 0 Å². The summed E-state index contributed by atoms with van der Waals surface area (Å²) in [6.07, 6.45) is 1.54. The second-order valence-electron chi connectivity index (χ2n) is 5.75. The first kappa shape index (κ1) is 15.5. The van der Waals surface area contributed by atoms with Crippen molar-refractivity contribution in [1.29, 1.82) is 0 Å². The molecule has 7 heteroatoms. The molecule has 1 aromatic rings. The fraction of sp³-hybridized carbons (Fsp3) is 0.500. The molecule has 3 rings (SSSR count). The summed E-state index contributed by atoms with van der Waals surface area (Å²) in [7, 11) is 1.73. The largest absolute Gasteiger partial charge is 0.454 e. The van der Waals surface area contributed by atoms with Gasteiger partial charge in [0.25, 0.3) is 0 Å². The Balaban J connectivity index is 1.44. The number of fused-ring (bicyclic) bond motifs is 1. The lowest BCUT2D eigenvalue weighted by Crippen LogP contribution is -2.41. The van der Waals surface area contributed by atoms with Crippen molar-refractivity contribution >= 4 is 11.9 Å². The number of urea groups is 1. The first-order chi connectivity index (χ1) is 11.1. The Kier molecular flexibility index (Phi) is 4.55. The summed E-state index contributed by atoms with van der Waals surface area (Å²) in [5, 5.41) is 2.86. The summed E-state index contributed by atoms with van der Waals surface area (Å²) < 4.78 is 10.6. The molecule has 0 bridgehead atoms. The molecule has 23 heavy (non-hydrogen) atoms. The lowest BCUT2D eigenvalue weighted by Gasteiger charge is -2.22. The van der Waals surface area contributed by atoms with Crippen LogP contribution in [0.4, 0.5) is 4.79 Å². The lowest BCUT2D eigenvalue weighted by atomic mass is 10.2. The Hall–Kier alpha value is -2.44. The van der Waals surface area contributed by atoms with E-state index in [4.69, 9.17) is 9.47 Å². The van der Waals surface area contributed by atoms with Crippen molar-refractivity contribution in [2.45, 2.75) is 19.4 Å². The van der Waals surface area contributed by atoms with Crippen LogP contribution < -0.4 is 14.8 Å². The molecular formula is C16H21N3O4. The van der Waals surface area contributed by atoms with E-state index >= 15 is 0 Å². The Labute approximate surface area is 135 Å². The van der Waals surface area contributed by atoms with Gasteiger partial charge in [-0.25, -0.2) is 4.79 Å². The normalized spacial score (nSPS) is 15.9. The highest BCUT2D eigenvalue weighted by Gasteiger charge is 2.20. The van der Waals surface area contributed by atoms with E-state index < -0.39 is 0 Å². The van der Waals surface area contributed by atoms with Gasteiger partial charge in [-0.3, -0.25) is 4.79 Å². The van der Waals surface area contributed by atoms with Gasteiger partial charge in [-0.15, -0.1) is 0 Å². The van der Waals surface area contributed by atoms with Crippen molar-refractivity contribution in [3.8, 4) is 11.5 Å². The second kappa shape index (κ2) is 6.76. The molecule has 3 amide bonds. The number of carbonyl (C=O) groups is 2. The van der Waals surface area contributed by atoms with E-state index in [1.807, 2.05) is 23.1 Å². The van der Waals surface area contributed by atoms with E-state index in [0.29, 0.717) is 31.8 Å². The first-order valence-corrected chi connectivity index (χ1v) is 7.79. The van der Waals surface area contributed by atoms with Gasteiger partial charge in [0.05, 0.1) is 0 Å². The summed E-state index contributed by atoms with van der Waals surface area (Å²) in [6.45, 7) is 2.57. The van der Waals surface area contributed by atoms with Gasteiger partial charge in [0.15, 0.2) is 11.5 Å². The second-order valence-corrected chi connectivity index (χ2v) is 5.75. The van der Waals surface area contributed by atoms with Gasteiger partial charge in [0.2, 0.25) is 12.7 Å². The summed E-state index contributed by atoms with van der Waals surface area (Å²) in [5.74, 6) is 1.62. The highest BCUT2D eigenvalue weighted by atomic mass is 16.7. The van der Waals surface area contributed by atoms with Crippen LogP contribution in [0.25, 0.3) is 0 Å². The molecule has 2 aliphatic rings. The van der Waals surface area contributed by atoms with Gasteiger partial charge < -0.3 is 24.6 Å². The number of carbonyl (C=O) groups excluding carboxylic acids is 2. The molecule has 2 aliphatic heterocycles. The molecule has 1 N–H and O–H groups in total. The average molecular weight is 319 g/mol. The number of benzene rings is 1. The number of rotatable bonds is 5. The number of ether oxygens (including phenoxy) is 2. The Morgan fingerprint density at radius 2 is 2.17 bits per heavy atom. The average Bonchev–Trinajstić information content (AvgIpc) is 3.18. The van der Waals surface area contributed by atoms with Crippen LogP contribution in [0.15, 0.2) is 18.2 Å². The Bertz CT molecular complexity index is 605. The number of hydrogen-bond acceptors (Lipinski definition) is 4. The minimum atomic E-state index is -0.158. The van der Waals surface area contributed by atoms with Crippen molar-refractivity contribution < 1.29 is 19.1 Å². The summed E-state index contributed by atoms with van der Waals surface area (Å²) in [6, 6.07) is 5.45. The third-order valence-electron chi connectivity index (χ3n) is 4.10. The van der Waals surface area contributed by atoms with Gasteiger partial charge in [0.1, 0.15) is 0 Å². The smallest absolute Gasteiger partial charge is 0.317 e. The van der Waals surface area contributed by atoms with E-state index in [9.17, 15) is 9.59 Å². The van der Waals surface area contributed by atoms with Crippen molar-refractivity contribution in [2.75, 3.05) is 33.5 Å². The zero-order chi connectivity index (χ0) is 16.2.